The topological polar surface area (TPSA) is 56.7 Å². The van der Waals surface area contributed by atoms with E-state index in [9.17, 15) is 9.90 Å². The van der Waals surface area contributed by atoms with Crippen LogP contribution in [0, 0.1) is 0 Å². The fraction of sp³-hybridized carbons (Fsp3) is 0.600. The minimum atomic E-state index is -0.916. The average Bonchev–Trinajstić information content (AvgIpc) is 2.97. The summed E-state index contributed by atoms with van der Waals surface area (Å²) in [7, 11) is 0. The molecular weight excluding hydrogens is 334 g/mol. The van der Waals surface area contributed by atoms with Crippen molar-refractivity contribution in [1.29, 1.82) is 0 Å². The maximum absolute atomic E-state index is 11.4. The van der Waals surface area contributed by atoms with Crippen LogP contribution >= 0.6 is 15.9 Å². The average molecular weight is 354 g/mol. The molecule has 3 rings (SSSR count). The highest BCUT2D eigenvalue weighted by Gasteiger charge is 2.31. The molecule has 0 radical (unpaired) electrons. The molecule has 1 atom stereocenters. The SMILES string of the molecule is O=C(O)c1cc(Br)cnc1N1CCC(N2CCCCC2)C1. The Morgan fingerprint density at radius 3 is 2.76 bits per heavy atom. The van der Waals surface area contributed by atoms with Gasteiger partial charge in [-0.15, -0.1) is 0 Å². The van der Waals surface area contributed by atoms with Crippen LogP contribution in [0.4, 0.5) is 5.82 Å². The molecule has 1 N–H and O–H groups in total. The lowest BCUT2D eigenvalue weighted by molar-refractivity contribution is 0.0697. The van der Waals surface area contributed by atoms with E-state index in [4.69, 9.17) is 0 Å². The lowest BCUT2D eigenvalue weighted by Crippen LogP contribution is -2.41. The third kappa shape index (κ3) is 3.21. The molecule has 0 spiro atoms. The van der Waals surface area contributed by atoms with Crippen LogP contribution in [0.5, 0.6) is 0 Å². The molecule has 5 nitrogen and oxygen atoms in total. The van der Waals surface area contributed by atoms with E-state index >= 15 is 0 Å². The Balaban J connectivity index is 1.75. The molecule has 3 heterocycles. The summed E-state index contributed by atoms with van der Waals surface area (Å²) < 4.78 is 0.704. The first kappa shape index (κ1) is 14.8. The quantitative estimate of drug-likeness (QED) is 0.904. The predicted octanol–water partition coefficient (Wildman–Crippen LogP) is 2.61. The molecule has 0 aromatic carbocycles. The summed E-state index contributed by atoms with van der Waals surface area (Å²) in [4.78, 5) is 20.4. The number of carboxylic acids is 1. The van der Waals surface area contributed by atoms with E-state index in [0.717, 1.165) is 19.5 Å². The molecular formula is C15H20BrN3O2. The van der Waals surface area contributed by atoms with Crippen LogP contribution in [-0.2, 0) is 0 Å². The molecule has 2 saturated heterocycles. The van der Waals surface area contributed by atoms with Crippen LogP contribution in [0.3, 0.4) is 0 Å². The molecule has 2 aliphatic rings. The van der Waals surface area contributed by atoms with Gasteiger partial charge in [-0.3, -0.25) is 4.90 Å². The van der Waals surface area contributed by atoms with Crippen molar-refractivity contribution in [2.45, 2.75) is 31.7 Å². The summed E-state index contributed by atoms with van der Waals surface area (Å²) in [5.41, 5.74) is 0.281. The molecule has 0 bridgehead atoms. The summed E-state index contributed by atoms with van der Waals surface area (Å²) in [5.74, 6) is -0.314. The van der Waals surface area contributed by atoms with Crippen LogP contribution in [0.15, 0.2) is 16.7 Å². The van der Waals surface area contributed by atoms with Gasteiger partial charge in [-0.05, 0) is 54.3 Å². The number of halogens is 1. The van der Waals surface area contributed by atoms with Gasteiger partial charge in [-0.25, -0.2) is 9.78 Å². The largest absolute Gasteiger partial charge is 0.478 e. The van der Waals surface area contributed by atoms with Crippen LogP contribution in [-0.4, -0.2) is 53.2 Å². The van der Waals surface area contributed by atoms with Crippen molar-refractivity contribution in [2.75, 3.05) is 31.1 Å². The number of rotatable bonds is 3. The molecule has 0 saturated carbocycles. The lowest BCUT2D eigenvalue weighted by atomic mass is 10.1. The molecule has 0 aliphatic carbocycles. The molecule has 1 aromatic rings. The Bertz CT molecular complexity index is 532. The molecule has 6 heteroatoms. The van der Waals surface area contributed by atoms with Crippen molar-refractivity contribution >= 4 is 27.7 Å². The first-order chi connectivity index (χ1) is 10.1. The van der Waals surface area contributed by atoms with Gasteiger partial charge >= 0.3 is 5.97 Å². The molecule has 2 aliphatic heterocycles. The zero-order valence-electron chi connectivity index (χ0n) is 12.0. The standard InChI is InChI=1S/C15H20BrN3O2/c16-11-8-13(15(20)21)14(17-9-11)19-7-4-12(10-19)18-5-2-1-3-6-18/h8-9,12H,1-7,10H2,(H,20,21). The zero-order chi connectivity index (χ0) is 14.8. The summed E-state index contributed by atoms with van der Waals surface area (Å²) in [6, 6.07) is 2.18. The maximum Gasteiger partial charge on any atom is 0.339 e. The van der Waals surface area contributed by atoms with Gasteiger partial charge in [0, 0.05) is 29.8 Å². The first-order valence-electron chi connectivity index (χ1n) is 7.53. The number of carbonyl (C=O) groups is 1. The van der Waals surface area contributed by atoms with Gasteiger partial charge in [0.25, 0.3) is 0 Å². The Morgan fingerprint density at radius 1 is 1.29 bits per heavy atom. The van der Waals surface area contributed by atoms with Crippen LogP contribution in [0.25, 0.3) is 0 Å². The zero-order valence-corrected chi connectivity index (χ0v) is 13.5. The van der Waals surface area contributed by atoms with Crippen molar-refractivity contribution in [1.82, 2.24) is 9.88 Å². The number of likely N-dealkylation sites (tertiary alicyclic amines) is 1. The van der Waals surface area contributed by atoms with E-state index in [1.165, 1.54) is 32.4 Å². The van der Waals surface area contributed by atoms with Gasteiger partial charge in [0.15, 0.2) is 0 Å². The second kappa shape index (κ2) is 6.32. The van der Waals surface area contributed by atoms with E-state index in [0.29, 0.717) is 16.3 Å². The van der Waals surface area contributed by atoms with E-state index in [-0.39, 0.29) is 5.56 Å². The van der Waals surface area contributed by atoms with Gasteiger partial charge in [-0.1, -0.05) is 6.42 Å². The smallest absolute Gasteiger partial charge is 0.339 e. The normalized spacial score (nSPS) is 23.5. The molecule has 21 heavy (non-hydrogen) atoms. The number of carboxylic acid groups (broad SMARTS) is 1. The number of pyridine rings is 1. The summed E-state index contributed by atoms with van der Waals surface area (Å²) >= 11 is 3.30. The Morgan fingerprint density at radius 2 is 2.05 bits per heavy atom. The number of nitrogens with zero attached hydrogens (tertiary/aromatic N) is 3. The van der Waals surface area contributed by atoms with Gasteiger partial charge in [0.1, 0.15) is 11.4 Å². The van der Waals surface area contributed by atoms with Gasteiger partial charge in [0.05, 0.1) is 0 Å². The van der Waals surface area contributed by atoms with Crippen molar-refractivity contribution in [3.8, 4) is 0 Å². The Kier molecular flexibility index (Phi) is 4.45. The fourth-order valence-corrected chi connectivity index (χ4v) is 3.69. The lowest BCUT2D eigenvalue weighted by Gasteiger charge is -2.32. The van der Waals surface area contributed by atoms with E-state index in [1.807, 2.05) is 0 Å². The van der Waals surface area contributed by atoms with Gasteiger partial charge in [0.2, 0.25) is 0 Å². The first-order valence-corrected chi connectivity index (χ1v) is 8.32. The minimum absolute atomic E-state index is 0.281. The predicted molar refractivity (Wildman–Crippen MR) is 84.9 cm³/mol. The number of hydrogen-bond acceptors (Lipinski definition) is 4. The number of hydrogen-bond donors (Lipinski definition) is 1. The van der Waals surface area contributed by atoms with Crippen molar-refractivity contribution < 1.29 is 9.90 Å². The summed E-state index contributed by atoms with van der Waals surface area (Å²) in [6.45, 7) is 4.13. The number of anilines is 1. The van der Waals surface area contributed by atoms with Crippen LogP contribution in [0.2, 0.25) is 0 Å². The number of piperidine rings is 1. The highest BCUT2D eigenvalue weighted by atomic mass is 79.9. The highest BCUT2D eigenvalue weighted by Crippen LogP contribution is 2.27. The summed E-state index contributed by atoms with van der Waals surface area (Å²) in [5, 5.41) is 9.37. The second-order valence-corrected chi connectivity index (χ2v) is 6.73. The molecule has 0 amide bonds. The van der Waals surface area contributed by atoms with Crippen molar-refractivity contribution in [3.63, 3.8) is 0 Å². The minimum Gasteiger partial charge on any atom is -0.478 e. The van der Waals surface area contributed by atoms with E-state index in [1.54, 1.807) is 12.3 Å². The Hall–Kier alpha value is -1.14. The highest BCUT2D eigenvalue weighted by molar-refractivity contribution is 9.10. The molecule has 1 aromatic heterocycles. The third-order valence-corrected chi connectivity index (χ3v) is 4.87. The molecule has 114 valence electrons. The second-order valence-electron chi connectivity index (χ2n) is 5.81. The number of aromatic carboxylic acids is 1. The molecule has 2 fully saturated rings. The third-order valence-electron chi connectivity index (χ3n) is 4.43. The van der Waals surface area contributed by atoms with Gasteiger partial charge < -0.3 is 10.0 Å². The van der Waals surface area contributed by atoms with Crippen molar-refractivity contribution in [3.05, 3.63) is 22.3 Å². The maximum atomic E-state index is 11.4. The molecule has 1 unspecified atom stereocenters. The fourth-order valence-electron chi connectivity index (χ4n) is 3.36. The van der Waals surface area contributed by atoms with E-state index in [2.05, 4.69) is 30.7 Å². The summed E-state index contributed by atoms with van der Waals surface area (Å²) in [6.07, 6.45) is 6.68. The number of aromatic nitrogens is 1. The monoisotopic (exact) mass is 353 g/mol. The van der Waals surface area contributed by atoms with Crippen LogP contribution in [0.1, 0.15) is 36.0 Å². The Labute approximate surface area is 133 Å². The van der Waals surface area contributed by atoms with Crippen LogP contribution < -0.4 is 4.90 Å². The van der Waals surface area contributed by atoms with Crippen molar-refractivity contribution in [2.24, 2.45) is 0 Å². The van der Waals surface area contributed by atoms with Gasteiger partial charge in [-0.2, -0.15) is 0 Å². The van der Waals surface area contributed by atoms with E-state index < -0.39 is 5.97 Å².